The van der Waals surface area contributed by atoms with E-state index < -0.39 is 5.91 Å². The number of hydrogen-bond acceptors (Lipinski definition) is 2. The van der Waals surface area contributed by atoms with Gasteiger partial charge in [0.05, 0.1) is 5.69 Å². The van der Waals surface area contributed by atoms with Crippen molar-refractivity contribution in [1.29, 1.82) is 0 Å². The maximum absolute atomic E-state index is 11.7. The van der Waals surface area contributed by atoms with Gasteiger partial charge < -0.3 is 5.73 Å². The third-order valence-electron chi connectivity index (χ3n) is 4.59. The number of rotatable bonds is 2. The summed E-state index contributed by atoms with van der Waals surface area (Å²) in [5, 5.41) is 4.48. The van der Waals surface area contributed by atoms with E-state index in [0.717, 1.165) is 35.3 Å². The van der Waals surface area contributed by atoms with E-state index >= 15 is 0 Å². The lowest BCUT2D eigenvalue weighted by molar-refractivity contribution is 0.0994. The Balaban J connectivity index is 2.19. The molecule has 0 aliphatic heterocycles. The molecule has 1 aliphatic carbocycles. The van der Waals surface area contributed by atoms with Crippen molar-refractivity contribution >= 4 is 5.91 Å². The van der Waals surface area contributed by atoms with Crippen molar-refractivity contribution in [1.82, 2.24) is 9.78 Å². The van der Waals surface area contributed by atoms with E-state index in [2.05, 4.69) is 24.9 Å². The topological polar surface area (TPSA) is 60.9 Å². The molecule has 1 unspecified atom stereocenters. The molecule has 2 N–H and O–H groups in total. The Bertz CT molecular complexity index is 782. The zero-order valence-corrected chi connectivity index (χ0v) is 12.8. The molecule has 112 valence electrons. The molecule has 1 aliphatic rings. The molecule has 4 heteroatoms. The van der Waals surface area contributed by atoms with Crippen LogP contribution in [-0.2, 0) is 12.8 Å². The number of carbonyl (C=O) groups excluding carboxylic acids is 1. The van der Waals surface area contributed by atoms with Crippen molar-refractivity contribution in [3.63, 3.8) is 0 Å². The molecule has 0 saturated carbocycles. The first-order chi connectivity index (χ1) is 10.5. The zero-order valence-electron chi connectivity index (χ0n) is 12.8. The van der Waals surface area contributed by atoms with Gasteiger partial charge in [-0.3, -0.25) is 4.79 Å². The number of fused-ring (bicyclic) bond motifs is 1. The van der Waals surface area contributed by atoms with Crippen LogP contribution in [0, 0.1) is 24.2 Å². The summed E-state index contributed by atoms with van der Waals surface area (Å²) in [5.74, 6) is 3.22. The van der Waals surface area contributed by atoms with Gasteiger partial charge >= 0.3 is 0 Å². The molecule has 0 spiro atoms. The predicted molar refractivity (Wildman–Crippen MR) is 85.8 cm³/mol. The summed E-state index contributed by atoms with van der Waals surface area (Å²) >= 11 is 0. The molecule has 1 heterocycles. The van der Waals surface area contributed by atoms with Crippen LogP contribution in [0.3, 0.4) is 0 Å². The average molecular weight is 293 g/mol. The molecule has 1 aromatic carbocycles. The van der Waals surface area contributed by atoms with E-state index in [4.69, 9.17) is 12.2 Å². The molecule has 4 nitrogen and oxygen atoms in total. The third-order valence-corrected chi connectivity index (χ3v) is 4.59. The number of hydrogen-bond donors (Lipinski definition) is 1. The minimum absolute atomic E-state index is 0.389. The molecule has 3 rings (SSSR count). The van der Waals surface area contributed by atoms with Gasteiger partial charge in [0.2, 0.25) is 0 Å². The molecule has 0 saturated heterocycles. The van der Waals surface area contributed by atoms with Gasteiger partial charge in [-0.15, -0.1) is 6.42 Å². The lowest BCUT2D eigenvalue weighted by atomic mass is 9.80. The molecule has 0 radical (unpaired) electrons. The lowest BCUT2D eigenvalue weighted by Crippen LogP contribution is -2.23. The van der Waals surface area contributed by atoms with Crippen LogP contribution in [0.15, 0.2) is 24.3 Å². The summed E-state index contributed by atoms with van der Waals surface area (Å²) in [6.07, 6.45) is 7.20. The van der Waals surface area contributed by atoms with Crippen molar-refractivity contribution in [2.75, 3.05) is 0 Å². The molecule has 1 aromatic heterocycles. The first-order valence-electron chi connectivity index (χ1n) is 7.49. The Hall–Kier alpha value is -2.54. The van der Waals surface area contributed by atoms with E-state index in [1.807, 2.05) is 28.9 Å². The lowest BCUT2D eigenvalue weighted by Gasteiger charge is -2.26. The Labute approximate surface area is 130 Å². The highest BCUT2D eigenvalue weighted by Gasteiger charge is 2.30. The number of benzene rings is 1. The normalized spacial score (nSPS) is 20.2. The minimum atomic E-state index is -0.468. The molecular weight excluding hydrogens is 274 g/mol. The van der Waals surface area contributed by atoms with E-state index in [1.54, 1.807) is 0 Å². The second-order valence-corrected chi connectivity index (χ2v) is 6.11. The van der Waals surface area contributed by atoms with Crippen LogP contribution in [-0.4, -0.2) is 15.7 Å². The van der Waals surface area contributed by atoms with Crippen LogP contribution in [0.1, 0.15) is 41.2 Å². The van der Waals surface area contributed by atoms with Crippen molar-refractivity contribution < 1.29 is 4.79 Å². The largest absolute Gasteiger partial charge is 0.364 e. The quantitative estimate of drug-likeness (QED) is 0.864. The highest BCUT2D eigenvalue weighted by molar-refractivity contribution is 5.92. The molecule has 2 aromatic rings. The van der Waals surface area contributed by atoms with Gasteiger partial charge in [0.1, 0.15) is 0 Å². The zero-order chi connectivity index (χ0) is 15.9. The van der Waals surface area contributed by atoms with Gasteiger partial charge in [-0.25, -0.2) is 4.68 Å². The van der Waals surface area contributed by atoms with Crippen molar-refractivity contribution in [2.45, 2.75) is 26.7 Å². The number of terminal acetylenes is 1. The van der Waals surface area contributed by atoms with Gasteiger partial charge in [-0.1, -0.05) is 25.8 Å². The van der Waals surface area contributed by atoms with E-state index in [1.165, 1.54) is 0 Å². The van der Waals surface area contributed by atoms with E-state index in [0.29, 0.717) is 17.5 Å². The summed E-state index contributed by atoms with van der Waals surface area (Å²) in [4.78, 5) is 11.7. The Kier molecular flexibility index (Phi) is 3.50. The number of amides is 1. The van der Waals surface area contributed by atoms with Crippen LogP contribution in [0.25, 0.3) is 5.69 Å². The van der Waals surface area contributed by atoms with Crippen LogP contribution in [0.2, 0.25) is 0 Å². The number of nitrogens with two attached hydrogens (primary N) is 1. The first kappa shape index (κ1) is 14.4. The minimum Gasteiger partial charge on any atom is -0.364 e. The van der Waals surface area contributed by atoms with Gasteiger partial charge in [0.25, 0.3) is 5.91 Å². The number of aromatic nitrogens is 2. The fourth-order valence-electron chi connectivity index (χ4n) is 3.08. The standard InChI is InChI=1S/C18H19N3O/c1-4-13-6-5-7-14(10-13)21-16-9-12(3)11(2)8-15(16)17(20-21)18(19)22/h1,5-7,10-12H,8-9H2,2-3H3,(H2,19,22)/t11?,12-/m1/s1. The van der Waals surface area contributed by atoms with Crippen molar-refractivity contribution in [3.8, 4) is 18.0 Å². The number of primary amides is 1. The highest BCUT2D eigenvalue weighted by atomic mass is 16.1. The van der Waals surface area contributed by atoms with Gasteiger partial charge in [-0.2, -0.15) is 5.10 Å². The predicted octanol–water partition coefficient (Wildman–Crippen LogP) is 2.32. The van der Waals surface area contributed by atoms with Crippen LogP contribution in [0.5, 0.6) is 0 Å². The van der Waals surface area contributed by atoms with Crippen molar-refractivity contribution in [2.24, 2.45) is 17.6 Å². The van der Waals surface area contributed by atoms with Gasteiger partial charge in [0.15, 0.2) is 5.69 Å². The molecule has 22 heavy (non-hydrogen) atoms. The monoisotopic (exact) mass is 293 g/mol. The number of nitrogens with zero attached hydrogens (tertiary/aromatic N) is 2. The SMILES string of the molecule is C#Cc1cccc(-n2nc(C(N)=O)c3c2C[C@@H](C)C(C)C3)c1. The van der Waals surface area contributed by atoms with E-state index in [-0.39, 0.29) is 0 Å². The summed E-state index contributed by atoms with van der Waals surface area (Å²) < 4.78 is 1.83. The molecule has 1 amide bonds. The maximum atomic E-state index is 11.7. The van der Waals surface area contributed by atoms with Crippen LogP contribution in [0.4, 0.5) is 0 Å². The Morgan fingerprint density at radius 3 is 2.77 bits per heavy atom. The molecule has 0 fully saturated rings. The summed E-state index contributed by atoms with van der Waals surface area (Å²) in [6.45, 7) is 4.43. The van der Waals surface area contributed by atoms with Gasteiger partial charge in [0, 0.05) is 16.8 Å². The molecule has 2 atom stereocenters. The molecular formula is C18H19N3O. The highest BCUT2D eigenvalue weighted by Crippen LogP contribution is 2.33. The fourth-order valence-corrected chi connectivity index (χ4v) is 3.08. The van der Waals surface area contributed by atoms with Crippen LogP contribution < -0.4 is 5.73 Å². The first-order valence-corrected chi connectivity index (χ1v) is 7.49. The Morgan fingerprint density at radius 2 is 2.09 bits per heavy atom. The third kappa shape index (κ3) is 2.29. The Morgan fingerprint density at radius 1 is 1.36 bits per heavy atom. The average Bonchev–Trinajstić information content (AvgIpc) is 2.86. The maximum Gasteiger partial charge on any atom is 0.269 e. The summed E-state index contributed by atoms with van der Waals surface area (Å²) in [7, 11) is 0. The number of carbonyl (C=O) groups is 1. The summed E-state index contributed by atoms with van der Waals surface area (Å²) in [5.41, 5.74) is 9.64. The van der Waals surface area contributed by atoms with E-state index in [9.17, 15) is 4.79 Å². The molecule has 0 bridgehead atoms. The van der Waals surface area contributed by atoms with Crippen LogP contribution >= 0.6 is 0 Å². The smallest absolute Gasteiger partial charge is 0.269 e. The second kappa shape index (κ2) is 5.34. The summed E-state index contributed by atoms with van der Waals surface area (Å²) in [6, 6.07) is 7.62. The fraction of sp³-hybridized carbons (Fsp3) is 0.333. The van der Waals surface area contributed by atoms with Crippen molar-refractivity contribution in [3.05, 3.63) is 46.8 Å². The second-order valence-electron chi connectivity index (χ2n) is 6.11. The van der Waals surface area contributed by atoms with Gasteiger partial charge in [-0.05, 0) is 42.9 Å².